The number of rotatable bonds is 6. The summed E-state index contributed by atoms with van der Waals surface area (Å²) in [5.74, 6) is -0.217. The van der Waals surface area contributed by atoms with Crippen molar-refractivity contribution in [3.8, 4) is 0 Å². The fourth-order valence-corrected chi connectivity index (χ4v) is 1.66. The lowest BCUT2D eigenvalue weighted by atomic mass is 10.0. The first kappa shape index (κ1) is 12.8. The second-order valence-corrected chi connectivity index (χ2v) is 3.73. The van der Waals surface area contributed by atoms with Gasteiger partial charge in [-0.25, -0.2) is 0 Å². The third kappa shape index (κ3) is 3.71. The summed E-state index contributed by atoms with van der Waals surface area (Å²) in [6.45, 7) is 0.302. The highest BCUT2D eigenvalue weighted by molar-refractivity contribution is 5.81. The van der Waals surface area contributed by atoms with Crippen molar-refractivity contribution in [1.29, 1.82) is 0 Å². The molecule has 0 aliphatic carbocycles. The molecule has 0 aromatic rings. The van der Waals surface area contributed by atoms with Crippen LogP contribution in [0, 0.1) is 16.0 Å². The van der Waals surface area contributed by atoms with Crippen LogP contribution >= 0.6 is 0 Å². The summed E-state index contributed by atoms with van der Waals surface area (Å²) < 4.78 is 4.79. The predicted octanol–water partition coefficient (Wildman–Crippen LogP) is 0.983. The highest BCUT2D eigenvalue weighted by atomic mass is 16.6. The van der Waals surface area contributed by atoms with Gasteiger partial charge in [0.1, 0.15) is 6.20 Å². The summed E-state index contributed by atoms with van der Waals surface area (Å²) >= 11 is 0. The van der Waals surface area contributed by atoms with Gasteiger partial charge in [-0.2, -0.15) is 0 Å². The van der Waals surface area contributed by atoms with E-state index < -0.39 is 11.0 Å². The van der Waals surface area contributed by atoms with Crippen LogP contribution < -0.4 is 0 Å². The molecule has 1 aliphatic rings. The maximum Gasteiger partial charge on any atom is 0.345 e. The minimum atomic E-state index is -0.494. The molecule has 6 nitrogen and oxygen atoms in total. The van der Waals surface area contributed by atoms with Crippen molar-refractivity contribution in [3.05, 3.63) is 22.4 Å². The Bertz CT molecular complexity index is 301. The van der Waals surface area contributed by atoms with Crippen LogP contribution in [0.3, 0.4) is 0 Å². The molecule has 0 amide bonds. The lowest BCUT2D eigenvalue weighted by molar-refractivity contribution is -0.355. The van der Waals surface area contributed by atoms with Gasteiger partial charge in [0.15, 0.2) is 0 Å². The van der Waals surface area contributed by atoms with Gasteiger partial charge in [-0.15, -0.1) is 0 Å². The Balaban J connectivity index is 2.26. The first-order valence-electron chi connectivity index (χ1n) is 5.21. The van der Waals surface area contributed by atoms with Crippen LogP contribution in [-0.4, -0.2) is 35.7 Å². The van der Waals surface area contributed by atoms with Gasteiger partial charge < -0.3 is 20.0 Å². The summed E-state index contributed by atoms with van der Waals surface area (Å²) in [5, 5.41) is 20.0. The Morgan fingerprint density at radius 3 is 3.12 bits per heavy atom. The van der Waals surface area contributed by atoms with Gasteiger partial charge in [0, 0.05) is 7.11 Å². The second kappa shape index (κ2) is 6.34. The zero-order valence-corrected chi connectivity index (χ0v) is 9.20. The Hall–Kier alpha value is -1.27. The number of aliphatic hydroxyl groups excluding tert-OH is 1. The lowest BCUT2D eigenvalue weighted by Gasteiger charge is -2.10. The zero-order valence-electron chi connectivity index (χ0n) is 9.20. The fourth-order valence-electron chi connectivity index (χ4n) is 1.66. The number of aliphatic imine (C=N–C) groups is 1. The van der Waals surface area contributed by atoms with Gasteiger partial charge in [0.25, 0.3) is 0 Å². The molecule has 1 N–H and O–H groups in total. The normalized spacial score (nSPS) is 20.9. The van der Waals surface area contributed by atoms with E-state index in [0.29, 0.717) is 25.9 Å². The number of amidine groups is 1. The number of hydrogen-bond acceptors (Lipinski definition) is 5. The van der Waals surface area contributed by atoms with E-state index in [0.717, 1.165) is 0 Å². The van der Waals surface area contributed by atoms with Crippen LogP contribution in [0.15, 0.2) is 17.3 Å². The van der Waals surface area contributed by atoms with Crippen molar-refractivity contribution < 1.29 is 14.8 Å². The third-order valence-corrected chi connectivity index (χ3v) is 2.46. The first-order chi connectivity index (χ1) is 7.65. The number of ether oxygens (including phenoxy) is 1. The van der Waals surface area contributed by atoms with Crippen molar-refractivity contribution in [2.45, 2.75) is 25.4 Å². The Labute approximate surface area is 93.8 Å². The van der Waals surface area contributed by atoms with Gasteiger partial charge >= 0.3 is 5.84 Å². The van der Waals surface area contributed by atoms with Crippen molar-refractivity contribution in [3.63, 3.8) is 0 Å². The molecule has 1 rings (SSSR count). The summed E-state index contributed by atoms with van der Waals surface area (Å²) in [7, 11) is 1.53. The van der Waals surface area contributed by atoms with Gasteiger partial charge in [0.05, 0.1) is 18.6 Å². The predicted molar refractivity (Wildman–Crippen MR) is 58.8 cm³/mol. The molecule has 0 aromatic heterocycles. The standard InChI is InChI=1S/C10H16N2O4/c1-16-7-9(13)4-2-3-8-5-6-11-10(8)12(14)15/h5-6,8-9,13H,2-4,7H2,1H3. The van der Waals surface area contributed by atoms with E-state index in [4.69, 9.17) is 4.74 Å². The molecule has 2 unspecified atom stereocenters. The van der Waals surface area contributed by atoms with Crippen LogP contribution in [-0.2, 0) is 4.74 Å². The number of methoxy groups -OCH3 is 1. The highest BCUT2D eigenvalue weighted by Crippen LogP contribution is 2.18. The molecule has 0 fully saturated rings. The van der Waals surface area contributed by atoms with E-state index in [9.17, 15) is 15.2 Å². The monoisotopic (exact) mass is 228 g/mol. The first-order valence-corrected chi connectivity index (χ1v) is 5.21. The third-order valence-electron chi connectivity index (χ3n) is 2.46. The average molecular weight is 228 g/mol. The van der Waals surface area contributed by atoms with E-state index in [1.165, 1.54) is 13.3 Å². The van der Waals surface area contributed by atoms with E-state index in [1.807, 2.05) is 0 Å². The summed E-state index contributed by atoms with van der Waals surface area (Å²) in [5.41, 5.74) is 0. The Morgan fingerprint density at radius 1 is 1.75 bits per heavy atom. The molecule has 0 radical (unpaired) electrons. The Kier molecular flexibility index (Phi) is 5.07. The topological polar surface area (TPSA) is 85.0 Å². The van der Waals surface area contributed by atoms with Crippen molar-refractivity contribution >= 4 is 5.84 Å². The fraction of sp³-hybridized carbons (Fsp3) is 0.700. The lowest BCUT2D eigenvalue weighted by Crippen LogP contribution is -2.20. The molecule has 0 aromatic carbocycles. The van der Waals surface area contributed by atoms with Crippen LogP contribution in [0.25, 0.3) is 0 Å². The summed E-state index contributed by atoms with van der Waals surface area (Å²) in [6.07, 6.45) is 4.63. The minimum Gasteiger partial charge on any atom is -0.391 e. The summed E-state index contributed by atoms with van der Waals surface area (Å²) in [6, 6.07) is 0. The molecule has 0 saturated heterocycles. The number of nitrogens with zero attached hydrogens (tertiary/aromatic N) is 2. The van der Waals surface area contributed by atoms with Crippen molar-refractivity contribution in [2.75, 3.05) is 13.7 Å². The molecule has 0 saturated carbocycles. The molecular weight excluding hydrogens is 212 g/mol. The number of hydrogen-bond donors (Lipinski definition) is 1. The van der Waals surface area contributed by atoms with Gasteiger partial charge in [-0.05, 0) is 30.3 Å². The van der Waals surface area contributed by atoms with Crippen molar-refractivity contribution in [1.82, 2.24) is 0 Å². The van der Waals surface area contributed by atoms with E-state index in [1.54, 1.807) is 6.08 Å². The minimum absolute atomic E-state index is 0.00114. The Morgan fingerprint density at radius 2 is 2.50 bits per heavy atom. The van der Waals surface area contributed by atoms with Gasteiger partial charge in [-0.1, -0.05) is 4.99 Å². The molecular formula is C10H16N2O4. The maximum absolute atomic E-state index is 10.6. The molecule has 90 valence electrons. The van der Waals surface area contributed by atoms with Crippen LogP contribution in [0.5, 0.6) is 0 Å². The quantitative estimate of drug-likeness (QED) is 0.542. The SMILES string of the molecule is COCC(O)CCCC1C=CN=C1[N+](=O)[O-]. The van der Waals surface area contributed by atoms with Crippen LogP contribution in [0.4, 0.5) is 0 Å². The van der Waals surface area contributed by atoms with Crippen LogP contribution in [0.2, 0.25) is 0 Å². The molecule has 0 spiro atoms. The average Bonchev–Trinajstić information content (AvgIpc) is 2.66. The highest BCUT2D eigenvalue weighted by Gasteiger charge is 2.27. The smallest absolute Gasteiger partial charge is 0.345 e. The van der Waals surface area contributed by atoms with Crippen molar-refractivity contribution in [2.24, 2.45) is 10.9 Å². The molecule has 2 atom stereocenters. The second-order valence-electron chi connectivity index (χ2n) is 3.73. The summed E-state index contributed by atoms with van der Waals surface area (Å²) in [4.78, 5) is 13.8. The molecule has 1 aliphatic heterocycles. The van der Waals surface area contributed by atoms with E-state index in [2.05, 4.69) is 4.99 Å². The molecule has 1 heterocycles. The van der Waals surface area contributed by atoms with E-state index in [-0.39, 0.29) is 11.8 Å². The molecule has 16 heavy (non-hydrogen) atoms. The zero-order chi connectivity index (χ0) is 12.0. The number of nitro groups is 1. The largest absolute Gasteiger partial charge is 0.391 e. The number of aliphatic hydroxyl groups is 1. The van der Waals surface area contributed by atoms with E-state index >= 15 is 0 Å². The maximum atomic E-state index is 10.6. The molecule has 6 heteroatoms. The molecule has 0 bridgehead atoms. The van der Waals surface area contributed by atoms with Gasteiger partial charge in [-0.3, -0.25) is 0 Å². The van der Waals surface area contributed by atoms with Crippen LogP contribution in [0.1, 0.15) is 19.3 Å². The van der Waals surface area contributed by atoms with Gasteiger partial charge in [0.2, 0.25) is 0 Å².